The SMILES string of the molecule is CS(=O)(=O)O.NC1Cc2cc(Cl)ccc2S(=O)c2ccccc21. The zero-order valence-electron chi connectivity index (χ0n) is 12.3. The average Bonchev–Trinajstić information content (AvgIpc) is 2.54. The van der Waals surface area contributed by atoms with Crippen molar-refractivity contribution < 1.29 is 17.2 Å². The average molecular weight is 374 g/mol. The van der Waals surface area contributed by atoms with Gasteiger partial charge in [0, 0.05) is 20.9 Å². The van der Waals surface area contributed by atoms with Gasteiger partial charge in [-0.05, 0) is 41.8 Å². The van der Waals surface area contributed by atoms with Crippen molar-refractivity contribution in [3.05, 3.63) is 58.6 Å². The van der Waals surface area contributed by atoms with Crippen LogP contribution in [0.25, 0.3) is 0 Å². The maximum absolute atomic E-state index is 12.6. The van der Waals surface area contributed by atoms with Crippen LogP contribution in [0.1, 0.15) is 17.2 Å². The summed E-state index contributed by atoms with van der Waals surface area (Å²) >= 11 is 6.00. The lowest BCUT2D eigenvalue weighted by molar-refractivity contribution is 0.490. The molecule has 5 nitrogen and oxygen atoms in total. The van der Waals surface area contributed by atoms with Gasteiger partial charge in [-0.25, -0.2) is 4.21 Å². The van der Waals surface area contributed by atoms with Gasteiger partial charge in [-0.1, -0.05) is 29.8 Å². The van der Waals surface area contributed by atoms with Crippen LogP contribution in [0, 0.1) is 0 Å². The van der Waals surface area contributed by atoms with E-state index < -0.39 is 20.9 Å². The Morgan fingerprint density at radius 1 is 1.22 bits per heavy atom. The van der Waals surface area contributed by atoms with Gasteiger partial charge in [-0.3, -0.25) is 4.55 Å². The van der Waals surface area contributed by atoms with Crippen LogP contribution in [-0.4, -0.2) is 23.4 Å². The molecule has 2 atom stereocenters. The topological polar surface area (TPSA) is 97.5 Å². The standard InChI is InChI=1S/C14H12ClNOS.CH4O3S/c15-10-5-6-13-9(7-10)8-12(16)11-3-1-2-4-14(11)18(13)17;1-5(2,3)4/h1-7,12H,8,16H2;1H3,(H,2,3,4). The van der Waals surface area contributed by atoms with Gasteiger partial charge in [0.25, 0.3) is 10.1 Å². The van der Waals surface area contributed by atoms with Crippen LogP contribution in [-0.2, 0) is 27.3 Å². The quantitative estimate of drug-likeness (QED) is 0.691. The molecule has 0 spiro atoms. The van der Waals surface area contributed by atoms with Crippen LogP contribution in [0.15, 0.2) is 52.3 Å². The first kappa shape index (κ1) is 18.1. The first-order valence-electron chi connectivity index (χ1n) is 6.64. The molecule has 0 aliphatic carbocycles. The van der Waals surface area contributed by atoms with Crippen LogP contribution in [0.4, 0.5) is 0 Å². The largest absolute Gasteiger partial charge is 0.324 e. The molecule has 3 rings (SSSR count). The summed E-state index contributed by atoms with van der Waals surface area (Å²) in [5.41, 5.74) is 8.13. The Morgan fingerprint density at radius 3 is 2.48 bits per heavy atom. The van der Waals surface area contributed by atoms with E-state index in [2.05, 4.69) is 0 Å². The predicted octanol–water partition coefficient (Wildman–Crippen LogP) is 2.57. The third-order valence-corrected chi connectivity index (χ3v) is 4.98. The van der Waals surface area contributed by atoms with Gasteiger partial charge >= 0.3 is 0 Å². The fraction of sp³-hybridized carbons (Fsp3) is 0.200. The summed E-state index contributed by atoms with van der Waals surface area (Å²) in [4.78, 5) is 1.63. The van der Waals surface area contributed by atoms with Crippen molar-refractivity contribution in [2.45, 2.75) is 22.3 Å². The molecule has 0 aromatic heterocycles. The van der Waals surface area contributed by atoms with E-state index in [1.807, 2.05) is 36.4 Å². The fourth-order valence-electron chi connectivity index (χ4n) is 2.31. The van der Waals surface area contributed by atoms with Crippen LogP contribution in [0.3, 0.4) is 0 Å². The van der Waals surface area contributed by atoms with E-state index in [1.54, 1.807) is 6.07 Å². The highest BCUT2D eigenvalue weighted by atomic mass is 35.5. The molecule has 0 saturated carbocycles. The summed E-state index contributed by atoms with van der Waals surface area (Å²) in [6.07, 6.45) is 1.38. The van der Waals surface area contributed by atoms with Crippen molar-refractivity contribution >= 4 is 32.5 Å². The van der Waals surface area contributed by atoms with Gasteiger partial charge in [0.1, 0.15) is 0 Å². The number of hydrogen-bond acceptors (Lipinski definition) is 4. The van der Waals surface area contributed by atoms with Crippen LogP contribution in [0.2, 0.25) is 5.02 Å². The molecule has 0 radical (unpaired) electrons. The molecule has 2 unspecified atom stereocenters. The molecule has 0 fully saturated rings. The molecule has 3 N–H and O–H groups in total. The Hall–Kier alpha value is -1.25. The monoisotopic (exact) mass is 373 g/mol. The molecule has 1 aliphatic heterocycles. The van der Waals surface area contributed by atoms with E-state index in [0.29, 0.717) is 17.7 Å². The second-order valence-corrected chi connectivity index (χ2v) is 8.42. The molecule has 23 heavy (non-hydrogen) atoms. The lowest BCUT2D eigenvalue weighted by Crippen LogP contribution is -2.13. The van der Waals surface area contributed by atoms with Crippen LogP contribution in [0.5, 0.6) is 0 Å². The first-order valence-corrected chi connectivity index (χ1v) is 10.0. The maximum Gasteiger partial charge on any atom is 0.261 e. The number of halogens is 1. The Labute approximate surface area is 142 Å². The summed E-state index contributed by atoms with van der Waals surface area (Å²) in [5, 5.41) is 0.656. The summed E-state index contributed by atoms with van der Waals surface area (Å²) in [6.45, 7) is 0. The zero-order chi connectivity index (χ0) is 17.2. The highest BCUT2D eigenvalue weighted by Crippen LogP contribution is 2.33. The van der Waals surface area contributed by atoms with Gasteiger partial charge in [0.05, 0.1) is 17.1 Å². The predicted molar refractivity (Wildman–Crippen MR) is 90.7 cm³/mol. The van der Waals surface area contributed by atoms with Crippen molar-refractivity contribution in [1.82, 2.24) is 0 Å². The van der Waals surface area contributed by atoms with E-state index in [0.717, 1.165) is 20.9 Å². The number of fused-ring (bicyclic) bond motifs is 2. The molecular formula is C15H16ClNO4S2. The van der Waals surface area contributed by atoms with Gasteiger partial charge in [0.15, 0.2) is 0 Å². The number of nitrogens with two attached hydrogens (primary N) is 1. The fourth-order valence-corrected chi connectivity index (χ4v) is 3.95. The zero-order valence-corrected chi connectivity index (χ0v) is 14.7. The molecule has 124 valence electrons. The molecule has 0 bridgehead atoms. The maximum atomic E-state index is 12.6. The molecular weight excluding hydrogens is 358 g/mol. The van der Waals surface area contributed by atoms with Gasteiger partial charge in [0.2, 0.25) is 0 Å². The highest BCUT2D eigenvalue weighted by Gasteiger charge is 2.24. The summed E-state index contributed by atoms with van der Waals surface area (Å²) in [6, 6.07) is 13.0. The lowest BCUT2D eigenvalue weighted by atomic mass is 10.00. The van der Waals surface area contributed by atoms with Gasteiger partial charge in [-0.15, -0.1) is 0 Å². The van der Waals surface area contributed by atoms with Crippen molar-refractivity contribution in [2.24, 2.45) is 5.73 Å². The van der Waals surface area contributed by atoms with Crippen molar-refractivity contribution in [3.63, 3.8) is 0 Å². The molecule has 2 aromatic rings. The third kappa shape index (κ3) is 4.86. The molecule has 0 saturated heterocycles. The summed E-state index contributed by atoms with van der Waals surface area (Å²) in [5.74, 6) is 0. The molecule has 1 heterocycles. The van der Waals surface area contributed by atoms with E-state index >= 15 is 0 Å². The van der Waals surface area contributed by atoms with Crippen molar-refractivity contribution in [2.75, 3.05) is 6.26 Å². The van der Waals surface area contributed by atoms with E-state index in [1.165, 1.54) is 0 Å². The van der Waals surface area contributed by atoms with E-state index in [4.69, 9.17) is 21.9 Å². The minimum absolute atomic E-state index is 0.134. The van der Waals surface area contributed by atoms with Crippen molar-refractivity contribution in [3.8, 4) is 0 Å². The minimum atomic E-state index is -3.67. The molecule has 1 aliphatic rings. The van der Waals surface area contributed by atoms with Crippen molar-refractivity contribution in [1.29, 1.82) is 0 Å². The number of hydrogen-bond donors (Lipinski definition) is 2. The van der Waals surface area contributed by atoms with E-state index in [-0.39, 0.29) is 6.04 Å². The summed E-state index contributed by atoms with van der Waals surface area (Å²) in [7, 11) is -4.84. The Bertz CT molecular complexity index is 844. The van der Waals surface area contributed by atoms with Gasteiger partial charge in [-0.2, -0.15) is 8.42 Å². The Kier molecular flexibility index (Phi) is 5.59. The third-order valence-electron chi connectivity index (χ3n) is 3.18. The molecule has 0 amide bonds. The van der Waals surface area contributed by atoms with Gasteiger partial charge < -0.3 is 5.73 Å². The van der Waals surface area contributed by atoms with E-state index in [9.17, 15) is 12.6 Å². The Balaban J connectivity index is 0.000000338. The highest BCUT2D eigenvalue weighted by molar-refractivity contribution is 7.85. The Morgan fingerprint density at radius 2 is 1.83 bits per heavy atom. The lowest BCUT2D eigenvalue weighted by Gasteiger charge is -2.11. The number of rotatable bonds is 0. The second-order valence-electron chi connectivity index (χ2n) is 5.10. The summed E-state index contributed by atoms with van der Waals surface area (Å²) < 4.78 is 38.5. The molecule has 8 heteroatoms. The smallest absolute Gasteiger partial charge is 0.261 e. The van der Waals surface area contributed by atoms with Crippen LogP contribution < -0.4 is 5.73 Å². The first-order chi connectivity index (χ1) is 10.7. The molecule has 2 aromatic carbocycles. The minimum Gasteiger partial charge on any atom is -0.324 e. The normalized spacial score (nSPS) is 19.7. The number of benzene rings is 2. The second kappa shape index (κ2) is 7.11. The van der Waals surface area contributed by atoms with Crippen LogP contribution >= 0.6 is 11.6 Å².